The van der Waals surface area contributed by atoms with Gasteiger partial charge in [-0.05, 0) is 24.3 Å². The van der Waals surface area contributed by atoms with E-state index < -0.39 is 0 Å². The fraction of sp³-hybridized carbons (Fsp3) is 0.148. The van der Waals surface area contributed by atoms with Crippen molar-refractivity contribution in [2.75, 3.05) is 0 Å². The SMILES string of the molecule is [Ir+3].[c-]1c(Cn2cccn2)ncnc1Cn1cccn1.[c-]1cccn1Cc1cccc(Cn2[c-]ccc2)n1. The second kappa shape index (κ2) is 13.2. The molecule has 0 fully saturated rings. The monoisotopic (exact) mass is 667 g/mol. The van der Waals surface area contributed by atoms with Gasteiger partial charge < -0.3 is 15.2 Å². The van der Waals surface area contributed by atoms with Gasteiger partial charge in [0.1, 0.15) is 6.33 Å². The quantitative estimate of drug-likeness (QED) is 0.233. The number of pyridine rings is 1. The smallest absolute Gasteiger partial charge is 0.466 e. The van der Waals surface area contributed by atoms with Crippen molar-refractivity contribution in [2.45, 2.75) is 26.2 Å². The van der Waals surface area contributed by atoms with E-state index in [1.165, 1.54) is 0 Å². The summed E-state index contributed by atoms with van der Waals surface area (Å²) in [5, 5.41) is 8.27. The molecule has 0 spiro atoms. The number of hydrogen-bond acceptors (Lipinski definition) is 5. The maximum atomic E-state index is 4.64. The summed E-state index contributed by atoms with van der Waals surface area (Å²) in [6.45, 7) is 2.72. The molecule has 0 N–H and O–H groups in total. The molecule has 0 aromatic carbocycles. The molecule has 0 amide bonds. The van der Waals surface area contributed by atoms with Crippen LogP contribution < -0.4 is 0 Å². The summed E-state index contributed by atoms with van der Waals surface area (Å²) in [6.07, 6.45) is 19.0. The number of rotatable bonds is 8. The molecule has 0 aliphatic carbocycles. The fourth-order valence-electron chi connectivity index (χ4n) is 3.56. The van der Waals surface area contributed by atoms with Gasteiger partial charge in [-0.25, -0.2) is 0 Å². The van der Waals surface area contributed by atoms with Crippen molar-refractivity contribution in [1.82, 2.24) is 43.6 Å². The second-order valence-electron chi connectivity index (χ2n) is 7.95. The summed E-state index contributed by atoms with van der Waals surface area (Å²) < 4.78 is 7.59. The average molecular weight is 667 g/mol. The normalized spacial score (nSPS) is 10.4. The number of hydrogen-bond donors (Lipinski definition) is 0. The van der Waals surface area contributed by atoms with Gasteiger partial charge in [0.05, 0.1) is 24.5 Å². The maximum Gasteiger partial charge on any atom is 3.00 e. The topological polar surface area (TPSA) is 84.2 Å². The summed E-state index contributed by atoms with van der Waals surface area (Å²) in [5.41, 5.74) is 3.73. The third kappa shape index (κ3) is 7.93. The number of aromatic nitrogens is 9. The van der Waals surface area contributed by atoms with Crippen LogP contribution in [0.25, 0.3) is 0 Å². The van der Waals surface area contributed by atoms with E-state index in [1.54, 1.807) is 28.1 Å². The zero-order valence-corrected chi connectivity index (χ0v) is 22.3. The van der Waals surface area contributed by atoms with Crippen LogP contribution in [0.4, 0.5) is 0 Å². The Labute approximate surface area is 228 Å². The Hall–Kier alpha value is -4.14. The number of nitrogens with zero attached hydrogens (tertiary/aromatic N) is 9. The van der Waals surface area contributed by atoms with Crippen LogP contribution in [0.15, 0.2) is 98.1 Å². The van der Waals surface area contributed by atoms with E-state index in [-0.39, 0.29) is 20.1 Å². The molecule has 0 aliphatic heterocycles. The molecule has 0 saturated carbocycles. The van der Waals surface area contributed by atoms with Crippen LogP contribution in [0, 0.1) is 18.5 Å². The molecule has 0 unspecified atom stereocenters. The Morgan fingerprint density at radius 3 is 1.59 bits per heavy atom. The summed E-state index contributed by atoms with van der Waals surface area (Å²) in [4.78, 5) is 13.0. The first kappa shape index (κ1) is 25.9. The van der Waals surface area contributed by atoms with Gasteiger partial charge >= 0.3 is 20.1 Å². The summed E-state index contributed by atoms with van der Waals surface area (Å²) >= 11 is 0. The molecule has 0 atom stereocenters. The maximum absolute atomic E-state index is 4.64. The minimum absolute atomic E-state index is 0. The van der Waals surface area contributed by atoms with E-state index in [9.17, 15) is 0 Å². The molecule has 6 heterocycles. The molecule has 0 aliphatic rings. The van der Waals surface area contributed by atoms with Crippen molar-refractivity contribution >= 4 is 0 Å². The standard InChI is InChI=1S/C15H13N3.C12H11N6.Ir/c1-2-9-17(8-1)12-14-6-5-7-15(16-14)13-18-10-3-4-11-18;1-3-15-17(5-1)8-11-7-12(14-10-13-11)9-18-6-2-4-16-18;/h1-8,10H,12-13H2;1-6,10H,8-9H2;/q-2;-1;+3. The zero-order chi connectivity index (χ0) is 24.4. The third-order valence-electron chi connectivity index (χ3n) is 5.19. The van der Waals surface area contributed by atoms with E-state index in [2.05, 4.69) is 43.6 Å². The van der Waals surface area contributed by atoms with Gasteiger partial charge in [0.15, 0.2) is 0 Å². The molecular weight excluding hydrogens is 643 g/mol. The Morgan fingerprint density at radius 2 is 1.16 bits per heavy atom. The molecule has 9 nitrogen and oxygen atoms in total. The Kier molecular flexibility index (Phi) is 9.29. The van der Waals surface area contributed by atoms with Crippen LogP contribution in [-0.4, -0.2) is 43.6 Å². The minimum atomic E-state index is 0. The molecule has 0 saturated heterocycles. The van der Waals surface area contributed by atoms with Crippen molar-refractivity contribution in [3.8, 4) is 0 Å². The van der Waals surface area contributed by atoms with Gasteiger partial charge in [-0.2, -0.15) is 34.5 Å². The van der Waals surface area contributed by atoms with Crippen molar-refractivity contribution in [2.24, 2.45) is 0 Å². The molecule has 6 aromatic rings. The summed E-state index contributed by atoms with van der Waals surface area (Å²) in [5.74, 6) is 0. The molecular formula is C27H24IrN9. The van der Waals surface area contributed by atoms with Crippen molar-refractivity contribution in [3.63, 3.8) is 0 Å². The van der Waals surface area contributed by atoms with Gasteiger partial charge in [0, 0.05) is 37.9 Å². The van der Waals surface area contributed by atoms with Crippen LogP contribution in [0.5, 0.6) is 0 Å². The van der Waals surface area contributed by atoms with E-state index >= 15 is 0 Å². The van der Waals surface area contributed by atoms with E-state index in [1.807, 2.05) is 88.5 Å². The summed E-state index contributed by atoms with van der Waals surface area (Å²) in [6, 6.07) is 20.8. The van der Waals surface area contributed by atoms with Crippen molar-refractivity contribution in [1.29, 1.82) is 0 Å². The third-order valence-corrected chi connectivity index (χ3v) is 5.19. The zero-order valence-electron chi connectivity index (χ0n) is 19.9. The Balaban J connectivity index is 0.000000168. The molecule has 186 valence electrons. The fourth-order valence-corrected chi connectivity index (χ4v) is 3.56. The van der Waals surface area contributed by atoms with Crippen LogP contribution >= 0.6 is 0 Å². The second-order valence-corrected chi connectivity index (χ2v) is 7.95. The first-order valence-corrected chi connectivity index (χ1v) is 11.5. The van der Waals surface area contributed by atoms with Crippen LogP contribution in [0.3, 0.4) is 0 Å². The molecule has 37 heavy (non-hydrogen) atoms. The average Bonchev–Trinajstić information content (AvgIpc) is 3.70. The summed E-state index contributed by atoms with van der Waals surface area (Å²) in [7, 11) is 0. The largest absolute Gasteiger partial charge is 3.00 e. The van der Waals surface area contributed by atoms with Crippen LogP contribution in [0.2, 0.25) is 0 Å². The van der Waals surface area contributed by atoms with E-state index in [0.29, 0.717) is 13.1 Å². The van der Waals surface area contributed by atoms with Gasteiger partial charge in [-0.15, -0.1) is 36.2 Å². The molecule has 10 heteroatoms. The Bertz CT molecular complexity index is 1210. The van der Waals surface area contributed by atoms with Crippen molar-refractivity contribution < 1.29 is 20.1 Å². The first-order chi connectivity index (χ1) is 17.8. The molecule has 6 aromatic heterocycles. The first-order valence-electron chi connectivity index (χ1n) is 11.5. The van der Waals surface area contributed by atoms with Gasteiger partial charge in [0.25, 0.3) is 0 Å². The van der Waals surface area contributed by atoms with Gasteiger partial charge in [-0.1, -0.05) is 6.07 Å². The predicted molar refractivity (Wildman–Crippen MR) is 133 cm³/mol. The Morgan fingerprint density at radius 1 is 0.622 bits per heavy atom. The van der Waals surface area contributed by atoms with Crippen LogP contribution in [0.1, 0.15) is 22.8 Å². The van der Waals surface area contributed by atoms with E-state index in [0.717, 1.165) is 35.9 Å². The van der Waals surface area contributed by atoms with Gasteiger partial charge in [-0.3, -0.25) is 24.3 Å². The molecule has 0 bridgehead atoms. The minimum Gasteiger partial charge on any atom is -0.466 e. The van der Waals surface area contributed by atoms with E-state index in [4.69, 9.17) is 0 Å². The van der Waals surface area contributed by atoms with Crippen LogP contribution in [-0.2, 0) is 46.3 Å². The predicted octanol–water partition coefficient (Wildman–Crippen LogP) is 3.15. The molecule has 6 rings (SSSR count). The van der Waals surface area contributed by atoms with Crippen molar-refractivity contribution in [3.05, 3.63) is 139 Å². The molecule has 0 radical (unpaired) electrons. The van der Waals surface area contributed by atoms with Gasteiger partial charge in [0.2, 0.25) is 0 Å².